The van der Waals surface area contributed by atoms with Crippen LogP contribution < -0.4 is 5.32 Å². The molecule has 6 nitrogen and oxygen atoms in total. The maximum Gasteiger partial charge on any atom is 0.237 e. The van der Waals surface area contributed by atoms with Crippen LogP contribution in [-0.2, 0) is 11.3 Å². The number of para-hydroxylation sites is 2. The van der Waals surface area contributed by atoms with E-state index in [1.165, 1.54) is 22.9 Å². The summed E-state index contributed by atoms with van der Waals surface area (Å²) in [5.41, 5.74) is 4.63. The Morgan fingerprint density at radius 2 is 1.86 bits per heavy atom. The second-order valence-electron chi connectivity index (χ2n) is 7.31. The quantitative estimate of drug-likeness (QED) is 0.512. The van der Waals surface area contributed by atoms with Crippen molar-refractivity contribution >= 4 is 34.5 Å². The summed E-state index contributed by atoms with van der Waals surface area (Å²) in [6.45, 7) is 2.82. The van der Waals surface area contributed by atoms with E-state index in [9.17, 15) is 4.79 Å². The number of fused-ring (bicyclic) bond motifs is 3. The van der Waals surface area contributed by atoms with Crippen molar-refractivity contribution in [1.82, 2.24) is 24.5 Å². The van der Waals surface area contributed by atoms with E-state index in [2.05, 4.69) is 67.8 Å². The number of benzene rings is 2. The van der Waals surface area contributed by atoms with Crippen molar-refractivity contribution in [2.75, 3.05) is 5.75 Å². The van der Waals surface area contributed by atoms with Gasteiger partial charge in [-0.05, 0) is 37.5 Å². The predicted molar refractivity (Wildman–Crippen MR) is 111 cm³/mol. The highest BCUT2D eigenvalue weighted by Gasteiger charge is 2.24. The van der Waals surface area contributed by atoms with Crippen LogP contribution in [0.4, 0.5) is 0 Å². The summed E-state index contributed by atoms with van der Waals surface area (Å²) in [5.74, 6) is 1.22. The first kappa shape index (κ1) is 17.3. The zero-order chi connectivity index (χ0) is 19.1. The molecule has 0 bridgehead atoms. The highest BCUT2D eigenvalue weighted by molar-refractivity contribution is 7.99. The zero-order valence-corrected chi connectivity index (χ0v) is 16.4. The van der Waals surface area contributed by atoms with E-state index in [0.717, 1.165) is 41.4 Å². The van der Waals surface area contributed by atoms with Crippen LogP contribution in [-0.4, -0.2) is 36.9 Å². The fourth-order valence-corrected chi connectivity index (χ4v) is 4.14. The lowest BCUT2D eigenvalue weighted by molar-refractivity contribution is -0.118. The number of nitrogens with one attached hydrogen (secondary N) is 1. The first-order chi connectivity index (χ1) is 13.7. The van der Waals surface area contributed by atoms with E-state index in [1.807, 2.05) is 12.1 Å². The lowest BCUT2D eigenvalue weighted by Gasteiger charge is -2.05. The minimum absolute atomic E-state index is 0.0626. The molecule has 2 heterocycles. The highest BCUT2D eigenvalue weighted by atomic mass is 32.2. The van der Waals surface area contributed by atoms with Gasteiger partial charge in [-0.3, -0.25) is 9.20 Å². The molecule has 5 rings (SSSR count). The number of amides is 1. The molecule has 0 unspecified atom stereocenters. The summed E-state index contributed by atoms with van der Waals surface area (Å²) in [6, 6.07) is 17.2. The van der Waals surface area contributed by atoms with Crippen LogP contribution in [0.15, 0.2) is 53.7 Å². The maximum absolute atomic E-state index is 12.1. The average molecular weight is 392 g/mol. The molecule has 0 saturated heterocycles. The Labute approximate surface area is 166 Å². The lowest BCUT2D eigenvalue weighted by atomic mass is 10.1. The molecule has 0 aliphatic heterocycles. The number of aryl methyl sites for hydroxylation is 1. The van der Waals surface area contributed by atoms with Gasteiger partial charge in [0.05, 0.1) is 23.3 Å². The van der Waals surface area contributed by atoms with E-state index in [-0.39, 0.29) is 5.91 Å². The van der Waals surface area contributed by atoms with Crippen molar-refractivity contribution in [3.63, 3.8) is 0 Å². The molecule has 1 aliphatic carbocycles. The maximum atomic E-state index is 12.1. The average Bonchev–Trinajstić information content (AvgIpc) is 3.33. The smallest absolute Gasteiger partial charge is 0.237 e. The molecule has 142 valence electrons. The minimum atomic E-state index is 0.0626. The second-order valence-corrected chi connectivity index (χ2v) is 8.25. The van der Waals surface area contributed by atoms with Gasteiger partial charge >= 0.3 is 0 Å². The van der Waals surface area contributed by atoms with Crippen LogP contribution in [0.2, 0.25) is 0 Å². The summed E-state index contributed by atoms with van der Waals surface area (Å²) in [6.07, 6.45) is 2.19. The monoisotopic (exact) mass is 391 g/mol. The number of nitrogens with zero attached hydrogens (tertiary/aromatic N) is 4. The van der Waals surface area contributed by atoms with Crippen molar-refractivity contribution in [3.8, 4) is 0 Å². The standard InChI is InChI=1S/C21H21N5OS/c1-14-6-8-15(9-7-14)12-25-17-4-2-3-5-18(17)26-20(25)23-24-21(26)28-13-19(27)22-16-10-11-16/h2-9,16H,10-13H2,1H3,(H,22,27). The molecule has 0 atom stereocenters. The third-order valence-electron chi connectivity index (χ3n) is 5.01. The Balaban J connectivity index is 1.50. The fourth-order valence-electron chi connectivity index (χ4n) is 3.39. The normalized spacial score (nSPS) is 14.0. The molecule has 0 spiro atoms. The van der Waals surface area contributed by atoms with Gasteiger partial charge in [-0.15, -0.1) is 10.2 Å². The van der Waals surface area contributed by atoms with Crippen LogP contribution in [0.3, 0.4) is 0 Å². The number of carbonyl (C=O) groups is 1. The number of hydrogen-bond acceptors (Lipinski definition) is 4. The summed E-state index contributed by atoms with van der Waals surface area (Å²) < 4.78 is 4.24. The Kier molecular flexibility index (Phi) is 4.31. The molecule has 28 heavy (non-hydrogen) atoms. The molecule has 1 saturated carbocycles. The van der Waals surface area contributed by atoms with E-state index < -0.39 is 0 Å². The largest absolute Gasteiger partial charge is 0.353 e. The fraction of sp³-hybridized carbons (Fsp3) is 0.286. The molecule has 2 aromatic carbocycles. The molecule has 2 aromatic heterocycles. The first-order valence-electron chi connectivity index (χ1n) is 9.49. The van der Waals surface area contributed by atoms with E-state index in [0.29, 0.717) is 11.8 Å². The SMILES string of the molecule is Cc1ccc(Cn2c3ccccc3n3c(SCC(=O)NC4CC4)nnc23)cc1. The van der Waals surface area contributed by atoms with Gasteiger partial charge in [-0.25, -0.2) is 0 Å². The van der Waals surface area contributed by atoms with Crippen LogP contribution in [0, 0.1) is 6.92 Å². The van der Waals surface area contributed by atoms with Gasteiger partial charge in [0.1, 0.15) is 0 Å². The van der Waals surface area contributed by atoms with Gasteiger partial charge in [0, 0.05) is 6.04 Å². The summed E-state index contributed by atoms with van der Waals surface area (Å²) in [7, 11) is 0. The molecular weight excluding hydrogens is 370 g/mol. The van der Waals surface area contributed by atoms with Crippen LogP contribution in [0.5, 0.6) is 0 Å². The number of aromatic nitrogens is 4. The summed E-state index contributed by atoms with van der Waals surface area (Å²) in [4.78, 5) is 12.1. The van der Waals surface area contributed by atoms with Gasteiger partial charge in [-0.1, -0.05) is 53.7 Å². The highest BCUT2D eigenvalue weighted by Crippen LogP contribution is 2.27. The second kappa shape index (κ2) is 6.98. The first-order valence-corrected chi connectivity index (χ1v) is 10.5. The Bertz CT molecular complexity index is 1160. The molecule has 0 radical (unpaired) electrons. The van der Waals surface area contributed by atoms with Crippen molar-refractivity contribution in [2.45, 2.75) is 37.5 Å². The lowest BCUT2D eigenvalue weighted by Crippen LogP contribution is -2.27. The van der Waals surface area contributed by atoms with Gasteiger partial charge in [-0.2, -0.15) is 0 Å². The van der Waals surface area contributed by atoms with Gasteiger partial charge in [0.15, 0.2) is 5.16 Å². The Morgan fingerprint density at radius 1 is 1.11 bits per heavy atom. The van der Waals surface area contributed by atoms with Crippen molar-refractivity contribution in [1.29, 1.82) is 0 Å². The third kappa shape index (κ3) is 3.26. The molecule has 4 aromatic rings. The van der Waals surface area contributed by atoms with Crippen molar-refractivity contribution < 1.29 is 4.79 Å². The van der Waals surface area contributed by atoms with Crippen LogP contribution in [0.25, 0.3) is 16.8 Å². The molecule has 1 N–H and O–H groups in total. The van der Waals surface area contributed by atoms with Crippen LogP contribution in [0.1, 0.15) is 24.0 Å². The number of thioether (sulfide) groups is 1. The number of imidazole rings is 1. The van der Waals surface area contributed by atoms with Crippen LogP contribution >= 0.6 is 11.8 Å². The van der Waals surface area contributed by atoms with Gasteiger partial charge in [0.25, 0.3) is 0 Å². The Morgan fingerprint density at radius 3 is 2.61 bits per heavy atom. The molecule has 7 heteroatoms. The summed E-state index contributed by atoms with van der Waals surface area (Å²) >= 11 is 1.43. The predicted octanol–water partition coefficient (Wildman–Crippen LogP) is 3.41. The van der Waals surface area contributed by atoms with Crippen molar-refractivity contribution in [3.05, 3.63) is 59.7 Å². The Hall–Kier alpha value is -2.80. The zero-order valence-electron chi connectivity index (χ0n) is 15.6. The third-order valence-corrected chi connectivity index (χ3v) is 5.94. The number of hydrogen-bond donors (Lipinski definition) is 1. The van der Waals surface area contributed by atoms with E-state index in [4.69, 9.17) is 0 Å². The van der Waals surface area contributed by atoms with Gasteiger partial charge in [0.2, 0.25) is 11.7 Å². The minimum Gasteiger partial charge on any atom is -0.353 e. The molecule has 1 aliphatic rings. The molecule has 1 fully saturated rings. The molecular formula is C21H21N5OS. The molecule has 1 amide bonds. The topological polar surface area (TPSA) is 64.2 Å². The number of carbonyl (C=O) groups excluding carboxylic acids is 1. The van der Waals surface area contributed by atoms with E-state index in [1.54, 1.807) is 0 Å². The van der Waals surface area contributed by atoms with Gasteiger partial charge < -0.3 is 9.88 Å². The van der Waals surface area contributed by atoms with E-state index >= 15 is 0 Å². The summed E-state index contributed by atoms with van der Waals surface area (Å²) in [5, 5.41) is 12.6. The van der Waals surface area contributed by atoms with Crippen molar-refractivity contribution in [2.24, 2.45) is 0 Å². The number of rotatable bonds is 6.